The van der Waals surface area contributed by atoms with Crippen LogP contribution in [0.15, 0.2) is 48.5 Å². The van der Waals surface area contributed by atoms with Gasteiger partial charge in [0.05, 0.1) is 24.5 Å². The highest BCUT2D eigenvalue weighted by atomic mass is 35.5. The fraction of sp³-hybridized carbons (Fsp3) is 0.464. The van der Waals surface area contributed by atoms with E-state index in [4.69, 9.17) is 33.7 Å². The monoisotopic (exact) mass is 546 g/mol. The third kappa shape index (κ3) is 6.28. The fourth-order valence-corrected chi connectivity index (χ4v) is 5.66. The molecule has 0 bridgehead atoms. The van der Waals surface area contributed by atoms with Gasteiger partial charge < -0.3 is 20.5 Å². The number of aliphatic carboxylic acids is 1. The van der Waals surface area contributed by atoms with Gasteiger partial charge in [0.1, 0.15) is 0 Å². The SMILES string of the molecule is C[C@@H](CCOCC1(C(N)=O)CC1)N1C(=O)C(CC(=O)O)CC(c2cccc(Cl)c2)C1c1ccc(Cl)cc1. The molecular formula is C28H32Cl2N2O5. The number of nitrogens with two attached hydrogens (primary N) is 1. The zero-order chi connectivity index (χ0) is 26.7. The van der Waals surface area contributed by atoms with E-state index in [0.29, 0.717) is 29.5 Å². The van der Waals surface area contributed by atoms with Gasteiger partial charge in [-0.25, -0.2) is 0 Å². The summed E-state index contributed by atoms with van der Waals surface area (Å²) in [7, 11) is 0. The minimum absolute atomic E-state index is 0.171. The topological polar surface area (TPSA) is 110 Å². The summed E-state index contributed by atoms with van der Waals surface area (Å²) in [6, 6.07) is 14.3. The number of hydrogen-bond acceptors (Lipinski definition) is 4. The fourth-order valence-electron chi connectivity index (χ4n) is 5.33. The van der Waals surface area contributed by atoms with Crippen molar-refractivity contribution in [1.82, 2.24) is 4.90 Å². The molecule has 3 unspecified atom stereocenters. The summed E-state index contributed by atoms with van der Waals surface area (Å²) in [5, 5.41) is 10.7. The molecule has 4 rings (SSSR count). The molecule has 0 radical (unpaired) electrons. The predicted octanol–water partition coefficient (Wildman–Crippen LogP) is 5.20. The second kappa shape index (κ2) is 11.4. The molecule has 1 saturated heterocycles. The lowest BCUT2D eigenvalue weighted by molar-refractivity contribution is -0.152. The lowest BCUT2D eigenvalue weighted by Gasteiger charge is -2.47. The molecule has 2 aromatic carbocycles. The number of nitrogens with zero attached hydrogens (tertiary/aromatic N) is 1. The maximum Gasteiger partial charge on any atom is 0.304 e. The lowest BCUT2D eigenvalue weighted by Crippen LogP contribution is -2.51. The Kier molecular flexibility index (Phi) is 8.46. The first-order valence-electron chi connectivity index (χ1n) is 12.5. The molecule has 198 valence electrons. The van der Waals surface area contributed by atoms with Gasteiger partial charge in [-0.1, -0.05) is 47.5 Å². The first-order chi connectivity index (χ1) is 17.6. The Balaban J connectivity index is 1.64. The Morgan fingerprint density at radius 2 is 1.84 bits per heavy atom. The van der Waals surface area contributed by atoms with E-state index in [2.05, 4.69) is 0 Å². The zero-order valence-electron chi connectivity index (χ0n) is 20.7. The zero-order valence-corrected chi connectivity index (χ0v) is 22.3. The van der Waals surface area contributed by atoms with Gasteiger partial charge in [0.25, 0.3) is 0 Å². The van der Waals surface area contributed by atoms with Gasteiger partial charge in [0.2, 0.25) is 11.8 Å². The summed E-state index contributed by atoms with van der Waals surface area (Å²) in [5.41, 5.74) is 6.80. The van der Waals surface area contributed by atoms with E-state index in [0.717, 1.165) is 24.0 Å². The largest absolute Gasteiger partial charge is 0.481 e. The number of carbonyl (C=O) groups excluding carboxylic acids is 2. The molecule has 1 aliphatic heterocycles. The quantitative estimate of drug-likeness (QED) is 0.376. The van der Waals surface area contributed by atoms with Gasteiger partial charge in [-0.2, -0.15) is 0 Å². The van der Waals surface area contributed by atoms with Crippen molar-refractivity contribution in [2.75, 3.05) is 13.2 Å². The van der Waals surface area contributed by atoms with Crippen LogP contribution in [0.1, 0.15) is 62.1 Å². The van der Waals surface area contributed by atoms with Crippen LogP contribution in [0.3, 0.4) is 0 Å². The predicted molar refractivity (Wildman–Crippen MR) is 141 cm³/mol. The summed E-state index contributed by atoms with van der Waals surface area (Å²) in [5.74, 6) is -2.38. The number of amides is 2. The second-order valence-corrected chi connectivity index (χ2v) is 11.1. The average molecular weight is 547 g/mol. The first kappa shape index (κ1) is 27.4. The van der Waals surface area contributed by atoms with Gasteiger partial charge in [-0.05, 0) is 68.0 Å². The number of piperidine rings is 1. The van der Waals surface area contributed by atoms with E-state index in [9.17, 15) is 19.5 Å². The van der Waals surface area contributed by atoms with Crippen LogP contribution in [0.4, 0.5) is 0 Å². The van der Waals surface area contributed by atoms with Crippen molar-refractivity contribution in [2.24, 2.45) is 17.1 Å². The Labute approximate surface area is 226 Å². The van der Waals surface area contributed by atoms with Gasteiger partial charge in [0, 0.05) is 34.5 Å². The number of carbonyl (C=O) groups is 3. The Morgan fingerprint density at radius 3 is 2.43 bits per heavy atom. The number of carboxylic acid groups (broad SMARTS) is 1. The Morgan fingerprint density at radius 1 is 1.14 bits per heavy atom. The van der Waals surface area contributed by atoms with Crippen LogP contribution in [-0.4, -0.2) is 47.0 Å². The molecule has 1 heterocycles. The van der Waals surface area contributed by atoms with Crippen LogP contribution in [0.5, 0.6) is 0 Å². The Bertz CT molecular complexity index is 1150. The van der Waals surface area contributed by atoms with Gasteiger partial charge in [-0.3, -0.25) is 14.4 Å². The van der Waals surface area contributed by atoms with Crippen molar-refractivity contribution in [3.8, 4) is 0 Å². The molecule has 0 aromatic heterocycles. The van der Waals surface area contributed by atoms with Crippen molar-refractivity contribution in [1.29, 1.82) is 0 Å². The average Bonchev–Trinajstić information content (AvgIpc) is 3.64. The van der Waals surface area contributed by atoms with Crippen LogP contribution >= 0.6 is 23.2 Å². The number of primary amides is 1. The van der Waals surface area contributed by atoms with Crippen molar-refractivity contribution >= 4 is 41.0 Å². The number of hydrogen-bond donors (Lipinski definition) is 2. The van der Waals surface area contributed by atoms with Gasteiger partial charge >= 0.3 is 5.97 Å². The van der Waals surface area contributed by atoms with Gasteiger partial charge in [0.15, 0.2) is 0 Å². The van der Waals surface area contributed by atoms with Crippen molar-refractivity contribution < 1.29 is 24.2 Å². The Hall–Kier alpha value is -2.61. The minimum Gasteiger partial charge on any atom is -0.481 e. The highest BCUT2D eigenvalue weighted by molar-refractivity contribution is 6.30. The van der Waals surface area contributed by atoms with E-state index < -0.39 is 17.3 Å². The minimum atomic E-state index is -1.01. The molecule has 2 fully saturated rings. The van der Waals surface area contributed by atoms with Crippen LogP contribution in [0.2, 0.25) is 10.0 Å². The summed E-state index contributed by atoms with van der Waals surface area (Å²) >= 11 is 12.5. The maximum absolute atomic E-state index is 13.8. The summed E-state index contributed by atoms with van der Waals surface area (Å²) < 4.78 is 5.83. The maximum atomic E-state index is 13.8. The molecule has 1 saturated carbocycles. The van der Waals surface area contributed by atoms with Crippen LogP contribution in [0, 0.1) is 11.3 Å². The third-order valence-electron chi connectivity index (χ3n) is 7.64. The standard InChI is InChI=1S/C28H32Cl2N2O5/c1-17(9-12-37-16-28(10-11-28)27(31)36)32-25(18-5-7-21(29)8-6-18)23(19-3-2-4-22(30)13-19)14-20(26(32)35)15-24(33)34/h2-8,13,17,20,23,25H,9-12,14-16H2,1H3,(H2,31,36)(H,33,34)/t17-,20?,23?,25?/m0/s1. The number of halogens is 2. The van der Waals surface area contributed by atoms with E-state index in [-0.39, 0.29) is 42.8 Å². The second-order valence-electron chi connectivity index (χ2n) is 10.3. The number of benzene rings is 2. The normalized spacial score (nSPS) is 23.5. The molecular weight excluding hydrogens is 515 g/mol. The smallest absolute Gasteiger partial charge is 0.304 e. The van der Waals surface area contributed by atoms with Crippen LogP contribution in [-0.2, 0) is 19.1 Å². The molecule has 3 N–H and O–H groups in total. The summed E-state index contributed by atoms with van der Waals surface area (Å²) in [6.07, 6.45) is 2.13. The molecule has 7 nitrogen and oxygen atoms in total. The van der Waals surface area contributed by atoms with Crippen molar-refractivity contribution in [2.45, 2.75) is 57.0 Å². The molecule has 9 heteroatoms. The van der Waals surface area contributed by atoms with Crippen molar-refractivity contribution in [3.63, 3.8) is 0 Å². The van der Waals surface area contributed by atoms with E-state index >= 15 is 0 Å². The molecule has 2 aromatic rings. The molecule has 2 aliphatic rings. The number of rotatable bonds is 11. The summed E-state index contributed by atoms with van der Waals surface area (Å²) in [4.78, 5) is 39.0. The molecule has 4 atom stereocenters. The number of likely N-dealkylation sites (tertiary alicyclic amines) is 1. The van der Waals surface area contributed by atoms with Crippen molar-refractivity contribution in [3.05, 3.63) is 69.7 Å². The third-order valence-corrected chi connectivity index (χ3v) is 8.13. The molecule has 0 spiro atoms. The lowest BCUT2D eigenvalue weighted by atomic mass is 9.74. The highest BCUT2D eigenvalue weighted by Crippen LogP contribution is 2.48. The van der Waals surface area contributed by atoms with Gasteiger partial charge in [-0.15, -0.1) is 0 Å². The number of ether oxygens (including phenoxy) is 1. The van der Waals surface area contributed by atoms with E-state index in [1.54, 1.807) is 18.2 Å². The first-order valence-corrected chi connectivity index (χ1v) is 13.3. The molecule has 1 aliphatic carbocycles. The molecule has 37 heavy (non-hydrogen) atoms. The van der Waals surface area contributed by atoms with Crippen LogP contribution in [0.25, 0.3) is 0 Å². The van der Waals surface area contributed by atoms with E-state index in [1.165, 1.54) is 0 Å². The molecule has 2 amide bonds. The van der Waals surface area contributed by atoms with Crippen LogP contribution < -0.4 is 5.73 Å². The summed E-state index contributed by atoms with van der Waals surface area (Å²) in [6.45, 7) is 2.57. The number of carboxylic acids is 1. The van der Waals surface area contributed by atoms with E-state index in [1.807, 2.05) is 42.2 Å². The highest BCUT2D eigenvalue weighted by Gasteiger charge is 2.49.